The zero-order chi connectivity index (χ0) is 9.68. The number of hydrogen-bond acceptors (Lipinski definition) is 1. The Morgan fingerprint density at radius 3 is 2.15 bits per heavy atom. The molecule has 0 atom stereocenters. The second-order valence-electron chi connectivity index (χ2n) is 4.78. The maximum Gasteiger partial charge on any atom is 0.00893 e. The Hall–Kier alpha value is -0.0400. The van der Waals surface area contributed by atoms with Gasteiger partial charge in [-0.05, 0) is 45.7 Å². The van der Waals surface area contributed by atoms with Gasteiger partial charge in [-0.15, -0.1) is 0 Å². The lowest BCUT2D eigenvalue weighted by Crippen LogP contribution is -2.32. The highest BCUT2D eigenvalue weighted by atomic mass is 15.1. The lowest BCUT2D eigenvalue weighted by atomic mass is 9.83. The van der Waals surface area contributed by atoms with Gasteiger partial charge in [-0.25, -0.2) is 0 Å². The highest BCUT2D eigenvalue weighted by molar-refractivity contribution is 4.76. The highest BCUT2D eigenvalue weighted by Gasteiger charge is 2.21. The quantitative estimate of drug-likeness (QED) is 0.646. The van der Waals surface area contributed by atoms with Gasteiger partial charge in [0.15, 0.2) is 0 Å². The molecule has 1 aliphatic rings. The zero-order valence-corrected chi connectivity index (χ0v) is 9.55. The minimum atomic E-state index is 0.873. The van der Waals surface area contributed by atoms with E-state index in [-0.39, 0.29) is 0 Å². The Morgan fingerprint density at radius 1 is 1.08 bits per heavy atom. The summed E-state index contributed by atoms with van der Waals surface area (Å²) in [6.45, 7) is 2.30. The van der Waals surface area contributed by atoms with Gasteiger partial charge in [0, 0.05) is 6.04 Å². The lowest BCUT2D eigenvalue weighted by molar-refractivity contribution is 0.187. The third-order valence-corrected chi connectivity index (χ3v) is 3.51. The van der Waals surface area contributed by atoms with Gasteiger partial charge in [0.05, 0.1) is 0 Å². The third kappa shape index (κ3) is 3.68. The van der Waals surface area contributed by atoms with Gasteiger partial charge in [0.25, 0.3) is 0 Å². The van der Waals surface area contributed by atoms with Crippen LogP contribution in [0, 0.1) is 5.92 Å². The van der Waals surface area contributed by atoms with Crippen molar-refractivity contribution in [3.05, 3.63) is 0 Å². The summed E-state index contributed by atoms with van der Waals surface area (Å²) >= 11 is 0. The first-order chi connectivity index (χ1) is 6.24. The van der Waals surface area contributed by atoms with Crippen LogP contribution in [0.4, 0.5) is 0 Å². The molecule has 0 spiro atoms. The molecule has 1 saturated carbocycles. The van der Waals surface area contributed by atoms with Crippen molar-refractivity contribution >= 4 is 0 Å². The van der Waals surface area contributed by atoms with Crippen LogP contribution >= 0.6 is 0 Å². The van der Waals surface area contributed by atoms with E-state index in [1.165, 1.54) is 44.9 Å². The van der Waals surface area contributed by atoms with Gasteiger partial charge in [0.2, 0.25) is 0 Å². The molecule has 1 heteroatoms. The molecule has 0 unspecified atom stereocenters. The van der Waals surface area contributed by atoms with Crippen LogP contribution in [0.25, 0.3) is 0 Å². The summed E-state index contributed by atoms with van der Waals surface area (Å²) in [6, 6.07) is 0.873. The molecule has 1 nitrogen and oxygen atoms in total. The van der Waals surface area contributed by atoms with E-state index < -0.39 is 0 Å². The predicted octanol–water partition coefficient (Wildman–Crippen LogP) is 3.30. The third-order valence-electron chi connectivity index (χ3n) is 3.51. The van der Waals surface area contributed by atoms with Gasteiger partial charge in [-0.1, -0.05) is 26.2 Å². The maximum absolute atomic E-state index is 2.40. The Morgan fingerprint density at radius 2 is 1.69 bits per heavy atom. The minimum absolute atomic E-state index is 0.873. The van der Waals surface area contributed by atoms with Crippen LogP contribution in [-0.2, 0) is 0 Å². The summed E-state index contributed by atoms with van der Waals surface area (Å²) in [6.07, 6.45) is 10.1. The van der Waals surface area contributed by atoms with Gasteiger partial charge in [-0.2, -0.15) is 0 Å². The Bertz CT molecular complexity index is 123. The molecule has 0 bridgehead atoms. The molecule has 0 radical (unpaired) electrons. The van der Waals surface area contributed by atoms with E-state index >= 15 is 0 Å². The van der Waals surface area contributed by atoms with Crippen molar-refractivity contribution in [1.82, 2.24) is 4.90 Å². The summed E-state index contributed by atoms with van der Waals surface area (Å²) in [4.78, 5) is 2.40. The first kappa shape index (κ1) is 11.0. The number of unbranched alkanes of at least 4 members (excludes halogenated alkanes) is 1. The largest absolute Gasteiger partial charge is 0.306 e. The summed E-state index contributed by atoms with van der Waals surface area (Å²) in [7, 11) is 4.44. The van der Waals surface area contributed by atoms with Crippen LogP contribution in [0.1, 0.15) is 51.9 Å². The SMILES string of the molecule is CCCCC1CCC(N(C)C)CC1. The van der Waals surface area contributed by atoms with E-state index in [1.54, 1.807) is 0 Å². The molecule has 0 aromatic carbocycles. The smallest absolute Gasteiger partial charge is 0.00893 e. The molecular formula is C12H25N. The van der Waals surface area contributed by atoms with E-state index in [0.717, 1.165) is 12.0 Å². The van der Waals surface area contributed by atoms with Crippen molar-refractivity contribution in [3.63, 3.8) is 0 Å². The van der Waals surface area contributed by atoms with Gasteiger partial charge < -0.3 is 4.90 Å². The average Bonchev–Trinajstić information content (AvgIpc) is 2.15. The summed E-state index contributed by atoms with van der Waals surface area (Å²) in [5.74, 6) is 1.05. The molecule has 0 N–H and O–H groups in total. The van der Waals surface area contributed by atoms with Crippen molar-refractivity contribution in [1.29, 1.82) is 0 Å². The Balaban J connectivity index is 2.15. The zero-order valence-electron chi connectivity index (χ0n) is 9.55. The van der Waals surface area contributed by atoms with E-state index in [9.17, 15) is 0 Å². The van der Waals surface area contributed by atoms with Crippen LogP contribution in [0.2, 0.25) is 0 Å². The van der Waals surface area contributed by atoms with Gasteiger partial charge in [-0.3, -0.25) is 0 Å². The van der Waals surface area contributed by atoms with Crippen molar-refractivity contribution in [2.45, 2.75) is 57.9 Å². The number of rotatable bonds is 4. The molecule has 0 amide bonds. The van der Waals surface area contributed by atoms with Crippen LogP contribution in [0.3, 0.4) is 0 Å². The van der Waals surface area contributed by atoms with E-state index in [2.05, 4.69) is 25.9 Å². The van der Waals surface area contributed by atoms with Crippen molar-refractivity contribution in [2.24, 2.45) is 5.92 Å². The second kappa shape index (κ2) is 5.64. The lowest BCUT2D eigenvalue weighted by Gasteiger charge is -2.32. The first-order valence-electron chi connectivity index (χ1n) is 5.90. The molecule has 0 aromatic rings. The number of nitrogens with zero attached hydrogens (tertiary/aromatic N) is 1. The van der Waals surface area contributed by atoms with Crippen LogP contribution in [0.15, 0.2) is 0 Å². The normalized spacial score (nSPS) is 29.5. The molecule has 1 aliphatic carbocycles. The fourth-order valence-electron chi connectivity index (χ4n) is 2.44. The standard InChI is InChI=1S/C12H25N/c1-4-5-6-11-7-9-12(10-8-11)13(2)3/h11-12H,4-10H2,1-3H3. The fraction of sp³-hybridized carbons (Fsp3) is 1.00. The Kier molecular flexibility index (Phi) is 4.79. The molecule has 0 aromatic heterocycles. The monoisotopic (exact) mass is 183 g/mol. The van der Waals surface area contributed by atoms with Crippen LogP contribution in [0.5, 0.6) is 0 Å². The molecule has 1 rings (SSSR count). The predicted molar refractivity (Wildman–Crippen MR) is 59.0 cm³/mol. The average molecular weight is 183 g/mol. The molecular weight excluding hydrogens is 158 g/mol. The van der Waals surface area contributed by atoms with E-state index in [4.69, 9.17) is 0 Å². The van der Waals surface area contributed by atoms with Gasteiger partial charge in [0.1, 0.15) is 0 Å². The van der Waals surface area contributed by atoms with Crippen LogP contribution < -0.4 is 0 Å². The van der Waals surface area contributed by atoms with Crippen LogP contribution in [-0.4, -0.2) is 25.0 Å². The summed E-state index contributed by atoms with van der Waals surface area (Å²) in [5, 5.41) is 0. The molecule has 13 heavy (non-hydrogen) atoms. The Labute approximate surface area is 83.5 Å². The van der Waals surface area contributed by atoms with Gasteiger partial charge >= 0.3 is 0 Å². The molecule has 0 heterocycles. The second-order valence-corrected chi connectivity index (χ2v) is 4.78. The molecule has 0 aliphatic heterocycles. The summed E-state index contributed by atoms with van der Waals surface area (Å²) < 4.78 is 0. The van der Waals surface area contributed by atoms with E-state index in [1.807, 2.05) is 0 Å². The molecule has 0 saturated heterocycles. The molecule has 1 fully saturated rings. The summed E-state index contributed by atoms with van der Waals surface area (Å²) in [5.41, 5.74) is 0. The van der Waals surface area contributed by atoms with Crippen molar-refractivity contribution in [3.8, 4) is 0 Å². The fourth-order valence-corrected chi connectivity index (χ4v) is 2.44. The minimum Gasteiger partial charge on any atom is -0.306 e. The highest BCUT2D eigenvalue weighted by Crippen LogP contribution is 2.29. The molecule has 78 valence electrons. The van der Waals surface area contributed by atoms with Crippen molar-refractivity contribution in [2.75, 3.05) is 14.1 Å². The topological polar surface area (TPSA) is 3.24 Å². The van der Waals surface area contributed by atoms with Crippen molar-refractivity contribution < 1.29 is 0 Å². The number of hydrogen-bond donors (Lipinski definition) is 0. The first-order valence-corrected chi connectivity index (χ1v) is 5.90. The van der Waals surface area contributed by atoms with E-state index in [0.29, 0.717) is 0 Å². The maximum atomic E-state index is 2.40.